The van der Waals surface area contributed by atoms with Crippen LogP contribution >= 0.6 is 0 Å². The number of hydrogen-bond donors (Lipinski definition) is 2. The monoisotopic (exact) mass is 187 g/mol. The van der Waals surface area contributed by atoms with E-state index in [4.69, 9.17) is 5.11 Å². The Morgan fingerprint density at radius 1 is 1.62 bits per heavy atom. The molecule has 0 aliphatic carbocycles. The second-order valence-corrected chi connectivity index (χ2v) is 3.78. The van der Waals surface area contributed by atoms with Crippen molar-refractivity contribution in [3.05, 3.63) is 0 Å². The van der Waals surface area contributed by atoms with Gasteiger partial charge in [0.25, 0.3) is 0 Å². The lowest BCUT2D eigenvalue weighted by Crippen LogP contribution is -2.42. The summed E-state index contributed by atoms with van der Waals surface area (Å²) < 4.78 is 0. The molecule has 0 aromatic heterocycles. The van der Waals surface area contributed by atoms with Gasteiger partial charge in [-0.05, 0) is 12.3 Å². The zero-order chi connectivity index (χ0) is 9.84. The molecule has 1 aliphatic heterocycles. The minimum atomic E-state index is -0.751. The van der Waals surface area contributed by atoms with E-state index < -0.39 is 5.97 Å². The van der Waals surface area contributed by atoms with E-state index in [0.29, 0.717) is 6.54 Å². The van der Waals surface area contributed by atoms with Crippen molar-refractivity contribution in [2.24, 2.45) is 5.92 Å². The van der Waals surface area contributed by atoms with E-state index >= 15 is 0 Å². The predicted octanol–water partition coefficient (Wildman–Crippen LogP) is 0.164. The third kappa shape index (κ3) is 3.32. The van der Waals surface area contributed by atoms with Gasteiger partial charge in [0.2, 0.25) is 0 Å². The van der Waals surface area contributed by atoms with Crippen molar-refractivity contribution in [1.82, 2.24) is 4.90 Å². The van der Waals surface area contributed by atoms with Crippen LogP contribution in [0.4, 0.5) is 0 Å². The molecular formula is C9H17NO3. The van der Waals surface area contributed by atoms with Gasteiger partial charge in [-0.2, -0.15) is 0 Å². The van der Waals surface area contributed by atoms with Gasteiger partial charge in [-0.1, -0.05) is 6.92 Å². The van der Waals surface area contributed by atoms with Crippen LogP contribution in [0.1, 0.15) is 19.8 Å². The van der Waals surface area contributed by atoms with Gasteiger partial charge in [-0.3, -0.25) is 4.79 Å². The molecule has 1 aliphatic rings. The standard InChI is InChI=1S/C9H17NO3/c1-7-6-10(4-2-8(7)11)5-3-9(12)13/h7-8,11H,2-6H2,1H3,(H,12,13)/t7-,8+/m0/s1. The molecule has 1 fully saturated rings. The molecule has 2 N–H and O–H groups in total. The normalized spacial score (nSPS) is 30.3. The first kappa shape index (κ1) is 10.5. The summed E-state index contributed by atoms with van der Waals surface area (Å²) in [5, 5.41) is 17.9. The molecule has 2 atom stereocenters. The maximum Gasteiger partial charge on any atom is 0.304 e. The largest absolute Gasteiger partial charge is 0.481 e. The average Bonchev–Trinajstić information content (AvgIpc) is 2.07. The van der Waals surface area contributed by atoms with Crippen LogP contribution in [0.2, 0.25) is 0 Å². The molecule has 0 saturated carbocycles. The number of aliphatic carboxylic acids is 1. The summed E-state index contributed by atoms with van der Waals surface area (Å²) in [5.74, 6) is -0.485. The SMILES string of the molecule is C[C@H]1CN(CCC(=O)O)CC[C@H]1O. The molecule has 0 spiro atoms. The van der Waals surface area contributed by atoms with Crippen LogP contribution in [-0.2, 0) is 4.79 Å². The number of carbonyl (C=O) groups is 1. The van der Waals surface area contributed by atoms with Gasteiger partial charge < -0.3 is 15.1 Å². The zero-order valence-electron chi connectivity index (χ0n) is 7.94. The molecule has 0 amide bonds. The first-order valence-electron chi connectivity index (χ1n) is 4.72. The predicted molar refractivity (Wildman–Crippen MR) is 48.5 cm³/mol. The Balaban J connectivity index is 2.25. The minimum Gasteiger partial charge on any atom is -0.481 e. The van der Waals surface area contributed by atoms with Gasteiger partial charge in [-0.15, -0.1) is 0 Å². The number of aliphatic hydroxyl groups is 1. The number of hydrogen-bond acceptors (Lipinski definition) is 3. The Bertz CT molecular complexity index is 184. The summed E-state index contributed by atoms with van der Waals surface area (Å²) >= 11 is 0. The van der Waals surface area contributed by atoms with Crippen molar-refractivity contribution in [3.8, 4) is 0 Å². The van der Waals surface area contributed by atoms with Crippen molar-refractivity contribution < 1.29 is 15.0 Å². The highest BCUT2D eigenvalue weighted by Crippen LogP contribution is 2.16. The molecule has 1 saturated heterocycles. The van der Waals surface area contributed by atoms with Crippen LogP contribution in [0.25, 0.3) is 0 Å². The first-order valence-corrected chi connectivity index (χ1v) is 4.72. The Morgan fingerprint density at radius 2 is 2.31 bits per heavy atom. The molecule has 4 nitrogen and oxygen atoms in total. The van der Waals surface area contributed by atoms with Gasteiger partial charge in [0.1, 0.15) is 0 Å². The number of carboxylic acid groups (broad SMARTS) is 1. The lowest BCUT2D eigenvalue weighted by Gasteiger charge is -2.33. The summed E-state index contributed by atoms with van der Waals surface area (Å²) in [5.41, 5.74) is 0. The molecular weight excluding hydrogens is 170 g/mol. The van der Waals surface area contributed by atoms with Crippen molar-refractivity contribution in [2.75, 3.05) is 19.6 Å². The smallest absolute Gasteiger partial charge is 0.304 e. The molecule has 13 heavy (non-hydrogen) atoms. The summed E-state index contributed by atoms with van der Waals surface area (Å²) in [6, 6.07) is 0. The van der Waals surface area contributed by atoms with Crippen molar-refractivity contribution in [3.63, 3.8) is 0 Å². The first-order chi connectivity index (χ1) is 6.09. The second kappa shape index (κ2) is 4.58. The highest BCUT2D eigenvalue weighted by molar-refractivity contribution is 5.66. The molecule has 0 bridgehead atoms. The topological polar surface area (TPSA) is 60.8 Å². The highest BCUT2D eigenvalue weighted by atomic mass is 16.4. The Kier molecular flexibility index (Phi) is 3.69. The number of rotatable bonds is 3. The lowest BCUT2D eigenvalue weighted by molar-refractivity contribution is -0.137. The lowest BCUT2D eigenvalue weighted by atomic mass is 9.97. The van der Waals surface area contributed by atoms with Crippen molar-refractivity contribution >= 4 is 5.97 Å². The maximum atomic E-state index is 10.3. The van der Waals surface area contributed by atoms with E-state index in [1.807, 2.05) is 6.92 Å². The van der Waals surface area contributed by atoms with Crippen molar-refractivity contribution in [1.29, 1.82) is 0 Å². The quantitative estimate of drug-likeness (QED) is 0.661. The van der Waals surface area contributed by atoms with Gasteiger partial charge in [0.15, 0.2) is 0 Å². The van der Waals surface area contributed by atoms with Crippen LogP contribution in [0.15, 0.2) is 0 Å². The fourth-order valence-corrected chi connectivity index (χ4v) is 1.68. The number of aliphatic hydroxyl groups excluding tert-OH is 1. The number of piperidine rings is 1. The molecule has 0 aromatic carbocycles. The molecule has 4 heteroatoms. The van der Waals surface area contributed by atoms with Gasteiger partial charge >= 0.3 is 5.97 Å². The van der Waals surface area contributed by atoms with Gasteiger partial charge in [0.05, 0.1) is 12.5 Å². The third-order valence-electron chi connectivity index (χ3n) is 2.59. The second-order valence-electron chi connectivity index (χ2n) is 3.78. The molecule has 0 radical (unpaired) electrons. The minimum absolute atomic E-state index is 0.197. The molecule has 76 valence electrons. The number of likely N-dealkylation sites (tertiary alicyclic amines) is 1. The average molecular weight is 187 g/mol. The van der Waals surface area contributed by atoms with Crippen LogP contribution in [-0.4, -0.2) is 46.8 Å². The van der Waals surface area contributed by atoms with Gasteiger partial charge in [0, 0.05) is 19.6 Å². The third-order valence-corrected chi connectivity index (χ3v) is 2.59. The summed E-state index contributed by atoms with van der Waals surface area (Å²) in [6.07, 6.45) is 0.755. The molecule has 0 aromatic rings. The fraction of sp³-hybridized carbons (Fsp3) is 0.889. The molecule has 1 rings (SSSR count). The van der Waals surface area contributed by atoms with E-state index in [2.05, 4.69) is 4.90 Å². The molecule has 0 unspecified atom stereocenters. The Morgan fingerprint density at radius 3 is 2.85 bits per heavy atom. The van der Waals surface area contributed by atoms with E-state index in [-0.39, 0.29) is 18.4 Å². The molecule has 1 heterocycles. The summed E-state index contributed by atoms with van der Waals surface area (Å²) in [4.78, 5) is 12.4. The summed E-state index contributed by atoms with van der Waals surface area (Å²) in [6.45, 7) is 4.23. The Labute approximate surface area is 78.2 Å². The highest BCUT2D eigenvalue weighted by Gasteiger charge is 2.23. The zero-order valence-corrected chi connectivity index (χ0v) is 7.94. The van der Waals surface area contributed by atoms with Crippen LogP contribution in [0, 0.1) is 5.92 Å². The summed E-state index contributed by atoms with van der Waals surface area (Å²) in [7, 11) is 0. The van der Waals surface area contributed by atoms with Crippen LogP contribution in [0.3, 0.4) is 0 Å². The van der Waals surface area contributed by atoms with E-state index in [1.54, 1.807) is 0 Å². The van der Waals surface area contributed by atoms with E-state index in [1.165, 1.54) is 0 Å². The fourth-order valence-electron chi connectivity index (χ4n) is 1.68. The van der Waals surface area contributed by atoms with Crippen LogP contribution < -0.4 is 0 Å². The number of carboxylic acids is 1. The van der Waals surface area contributed by atoms with Gasteiger partial charge in [-0.25, -0.2) is 0 Å². The van der Waals surface area contributed by atoms with Crippen molar-refractivity contribution in [2.45, 2.75) is 25.9 Å². The number of nitrogens with zero attached hydrogens (tertiary/aromatic N) is 1. The maximum absolute atomic E-state index is 10.3. The Hall–Kier alpha value is -0.610. The van der Waals surface area contributed by atoms with E-state index in [0.717, 1.165) is 19.5 Å². The van der Waals surface area contributed by atoms with Crippen LogP contribution in [0.5, 0.6) is 0 Å². The van der Waals surface area contributed by atoms with E-state index in [9.17, 15) is 9.90 Å².